The Morgan fingerprint density at radius 2 is 0.851 bits per heavy atom. The zero-order chi connectivity index (χ0) is 44.1. The van der Waals surface area contributed by atoms with Gasteiger partial charge in [0, 0.05) is 38.2 Å². The lowest BCUT2D eigenvalue weighted by atomic mass is 9.67. The molecule has 0 aliphatic heterocycles. The van der Waals surface area contributed by atoms with Crippen molar-refractivity contribution in [1.29, 1.82) is 0 Å². The van der Waals surface area contributed by atoms with Crippen molar-refractivity contribution in [3.63, 3.8) is 0 Å². The molecule has 14 rings (SSSR count). The Bertz CT molecular complexity index is 4100. The monoisotopic (exact) mass is 849 g/mol. The van der Waals surface area contributed by atoms with Crippen LogP contribution in [0, 0.1) is 0 Å². The number of nitrogens with zero attached hydrogens (tertiary/aromatic N) is 3. The maximum absolute atomic E-state index is 5.73. The molecule has 0 spiro atoms. The van der Waals surface area contributed by atoms with E-state index in [1.165, 1.54) is 54.9 Å². The largest absolute Gasteiger partial charge is 0.247 e. The van der Waals surface area contributed by atoms with Crippen LogP contribution >= 0.6 is 0 Å². The summed E-state index contributed by atoms with van der Waals surface area (Å²) < 4.78 is 0. The van der Waals surface area contributed by atoms with Crippen molar-refractivity contribution in [3.8, 4) is 44.9 Å². The van der Waals surface area contributed by atoms with E-state index >= 15 is 0 Å². The van der Waals surface area contributed by atoms with E-state index in [2.05, 4.69) is 231 Å². The fraction of sp³-hybridized carbons (Fsp3) is 0.0156. The smallest absolute Gasteiger partial charge is 0.0972 e. The van der Waals surface area contributed by atoms with E-state index in [1.54, 1.807) is 0 Å². The summed E-state index contributed by atoms with van der Waals surface area (Å²) in [6.45, 7) is 0. The van der Waals surface area contributed by atoms with Gasteiger partial charge in [0.05, 0.1) is 39.0 Å². The molecule has 1 aliphatic carbocycles. The lowest BCUT2D eigenvalue weighted by molar-refractivity contribution is 0.769. The van der Waals surface area contributed by atoms with Gasteiger partial charge < -0.3 is 0 Å². The van der Waals surface area contributed by atoms with Gasteiger partial charge in [0.25, 0.3) is 0 Å². The maximum atomic E-state index is 5.73. The van der Waals surface area contributed by atoms with Gasteiger partial charge in [0.1, 0.15) is 0 Å². The summed E-state index contributed by atoms with van der Waals surface area (Å²) in [5, 5.41) is 10.2. The number of hydrogen-bond donors (Lipinski definition) is 0. The topological polar surface area (TPSA) is 38.7 Å². The molecule has 3 heterocycles. The van der Waals surface area contributed by atoms with Crippen LogP contribution in [0.5, 0.6) is 0 Å². The molecule has 3 aromatic heterocycles. The van der Waals surface area contributed by atoms with Crippen molar-refractivity contribution in [1.82, 2.24) is 15.0 Å². The normalized spacial score (nSPS) is 12.9. The predicted molar refractivity (Wildman–Crippen MR) is 278 cm³/mol. The highest BCUT2D eigenvalue weighted by Gasteiger charge is 2.46. The summed E-state index contributed by atoms with van der Waals surface area (Å²) in [7, 11) is 0. The first-order valence-electron chi connectivity index (χ1n) is 23.0. The number of fused-ring (bicyclic) bond motifs is 12. The highest BCUT2D eigenvalue weighted by molar-refractivity contribution is 6.21. The molecule has 0 radical (unpaired) electrons. The van der Waals surface area contributed by atoms with Gasteiger partial charge in [-0.25, -0.2) is 15.0 Å². The molecule has 0 fully saturated rings. The van der Waals surface area contributed by atoms with E-state index in [0.29, 0.717) is 0 Å². The Labute approximate surface area is 387 Å². The van der Waals surface area contributed by atoms with Crippen LogP contribution in [0.4, 0.5) is 0 Å². The third kappa shape index (κ3) is 5.55. The van der Waals surface area contributed by atoms with Gasteiger partial charge in [-0.1, -0.05) is 206 Å². The average molecular weight is 850 g/mol. The van der Waals surface area contributed by atoms with Crippen LogP contribution in [-0.4, -0.2) is 15.0 Å². The highest BCUT2D eigenvalue weighted by atomic mass is 14.8. The van der Waals surface area contributed by atoms with Crippen LogP contribution in [0.15, 0.2) is 237 Å². The van der Waals surface area contributed by atoms with Gasteiger partial charge in [-0.3, -0.25) is 0 Å². The Morgan fingerprint density at radius 1 is 0.313 bits per heavy atom. The lowest BCUT2D eigenvalue weighted by Crippen LogP contribution is -2.28. The van der Waals surface area contributed by atoms with Crippen molar-refractivity contribution in [2.45, 2.75) is 5.41 Å². The predicted octanol–water partition coefficient (Wildman–Crippen LogP) is 16.2. The van der Waals surface area contributed by atoms with E-state index in [4.69, 9.17) is 15.0 Å². The van der Waals surface area contributed by atoms with Crippen LogP contribution in [0.3, 0.4) is 0 Å². The minimum atomic E-state index is -0.501. The van der Waals surface area contributed by atoms with Gasteiger partial charge in [-0.15, -0.1) is 0 Å². The lowest BCUT2D eigenvalue weighted by Gasteiger charge is -2.34. The summed E-state index contributed by atoms with van der Waals surface area (Å²) in [5.74, 6) is 0. The molecule has 0 unspecified atom stereocenters. The van der Waals surface area contributed by atoms with E-state index in [-0.39, 0.29) is 0 Å². The molecule has 0 saturated heterocycles. The third-order valence-corrected chi connectivity index (χ3v) is 14.3. The van der Waals surface area contributed by atoms with E-state index in [9.17, 15) is 0 Å². The summed E-state index contributed by atoms with van der Waals surface area (Å²) in [4.78, 5) is 16.4. The van der Waals surface area contributed by atoms with Gasteiger partial charge >= 0.3 is 0 Å². The molecule has 0 saturated carbocycles. The number of benzene rings is 10. The molecule has 67 heavy (non-hydrogen) atoms. The van der Waals surface area contributed by atoms with Gasteiger partial charge in [-0.05, 0) is 90.6 Å². The number of aromatic nitrogens is 3. The molecule has 0 N–H and O–H groups in total. The van der Waals surface area contributed by atoms with Crippen LogP contribution in [-0.2, 0) is 5.41 Å². The number of hydrogen-bond acceptors (Lipinski definition) is 3. The number of rotatable bonds is 5. The van der Waals surface area contributed by atoms with Crippen molar-refractivity contribution < 1.29 is 0 Å². The standard InChI is InChI=1S/C64H39N3/c1-4-16-40(17-5-1)56-35-30-41-28-29-42-31-36-57(66-62(42)61(41)65-56)47-32-33-50(53-39-44-19-11-10-18-43(44)38-52(47)53)63-49-25-13-12-24-48(49)60-58(67-63)37-34-55-59(60)51-26-14-15-27-54(51)64(55,45-20-6-2-7-21-45)46-22-8-3-9-23-46/h1-39H. The second kappa shape index (κ2) is 14.6. The second-order valence-electron chi connectivity index (χ2n) is 17.8. The maximum Gasteiger partial charge on any atom is 0.0972 e. The van der Waals surface area contributed by atoms with Crippen LogP contribution in [0.1, 0.15) is 22.3 Å². The first-order chi connectivity index (χ1) is 33.2. The SMILES string of the molecule is c1ccc(-c2ccc3ccc4ccc(-c5ccc(-c6nc7ccc8c(c7c7ccccc67)-c6ccccc6C8(c6ccccc6)c6ccccc6)c6cc7ccccc7cc56)nc4c3n2)cc1. The second-order valence-corrected chi connectivity index (χ2v) is 17.8. The molecule has 3 heteroatoms. The quantitative estimate of drug-likeness (QED) is 0.128. The van der Waals surface area contributed by atoms with Crippen LogP contribution < -0.4 is 0 Å². The van der Waals surface area contributed by atoms with Crippen molar-refractivity contribution >= 4 is 65.0 Å². The minimum Gasteiger partial charge on any atom is -0.247 e. The molecule has 1 aliphatic rings. The molecule has 0 bridgehead atoms. The van der Waals surface area contributed by atoms with Gasteiger partial charge in [0.15, 0.2) is 0 Å². The van der Waals surface area contributed by atoms with Crippen molar-refractivity contribution in [2.24, 2.45) is 0 Å². The molecule has 13 aromatic rings. The Hall–Kier alpha value is -8.79. The first kappa shape index (κ1) is 37.6. The first-order valence-corrected chi connectivity index (χ1v) is 23.0. The zero-order valence-electron chi connectivity index (χ0n) is 36.4. The molecular formula is C64H39N3. The van der Waals surface area contributed by atoms with E-state index in [0.717, 1.165) is 77.3 Å². The minimum absolute atomic E-state index is 0.501. The molecule has 3 nitrogen and oxygen atoms in total. The Morgan fingerprint density at radius 3 is 1.55 bits per heavy atom. The fourth-order valence-corrected chi connectivity index (χ4v) is 11.3. The molecule has 0 amide bonds. The molecular weight excluding hydrogens is 811 g/mol. The van der Waals surface area contributed by atoms with E-state index < -0.39 is 5.41 Å². The van der Waals surface area contributed by atoms with E-state index in [1.807, 2.05) is 6.07 Å². The van der Waals surface area contributed by atoms with Gasteiger partial charge in [0.2, 0.25) is 0 Å². The average Bonchev–Trinajstić information content (AvgIpc) is 3.71. The van der Waals surface area contributed by atoms with Crippen molar-refractivity contribution in [2.75, 3.05) is 0 Å². The zero-order valence-corrected chi connectivity index (χ0v) is 36.4. The van der Waals surface area contributed by atoms with Crippen LogP contribution in [0.2, 0.25) is 0 Å². The Balaban J connectivity index is 1.02. The van der Waals surface area contributed by atoms with Crippen molar-refractivity contribution in [3.05, 3.63) is 259 Å². The van der Waals surface area contributed by atoms with Gasteiger partial charge in [-0.2, -0.15) is 0 Å². The summed E-state index contributed by atoms with van der Waals surface area (Å²) >= 11 is 0. The molecule has 310 valence electrons. The molecule has 10 aromatic carbocycles. The highest BCUT2D eigenvalue weighted by Crippen LogP contribution is 2.58. The summed E-state index contributed by atoms with van der Waals surface area (Å²) in [6, 6.07) is 85.7. The summed E-state index contributed by atoms with van der Waals surface area (Å²) in [6.07, 6.45) is 0. The number of pyridine rings is 3. The fourth-order valence-electron chi connectivity index (χ4n) is 11.3. The third-order valence-electron chi connectivity index (χ3n) is 14.3. The molecule has 0 atom stereocenters. The summed E-state index contributed by atoms with van der Waals surface area (Å²) in [5.41, 5.74) is 15.9. The van der Waals surface area contributed by atoms with Crippen LogP contribution in [0.25, 0.3) is 110 Å². The Kier molecular flexibility index (Phi) is 8.20.